The molecule has 0 N–H and O–H groups in total. The summed E-state index contributed by atoms with van der Waals surface area (Å²) in [7, 11) is 0. The number of anilines is 1. The lowest BCUT2D eigenvalue weighted by atomic mass is 10.1. The molecular formula is C17H25BrN2O4. The third-order valence-corrected chi connectivity index (χ3v) is 3.41. The van der Waals surface area contributed by atoms with E-state index < -0.39 is 23.4 Å². The van der Waals surface area contributed by atoms with E-state index in [1.165, 1.54) is 6.20 Å². The van der Waals surface area contributed by atoms with Crippen LogP contribution in [0.4, 0.5) is 15.3 Å². The van der Waals surface area contributed by atoms with Crippen molar-refractivity contribution in [2.75, 3.05) is 4.90 Å². The Kier molecular flexibility index (Phi) is 6.38. The van der Waals surface area contributed by atoms with Crippen molar-refractivity contribution in [1.82, 2.24) is 4.98 Å². The first-order valence-electron chi connectivity index (χ1n) is 7.74. The first kappa shape index (κ1) is 20.4. The van der Waals surface area contributed by atoms with Crippen LogP contribution in [0.3, 0.4) is 0 Å². The van der Waals surface area contributed by atoms with Gasteiger partial charge < -0.3 is 9.47 Å². The highest BCUT2D eigenvalue weighted by atomic mass is 79.9. The summed E-state index contributed by atoms with van der Waals surface area (Å²) in [6.45, 7) is 12.3. The number of nitrogens with zero attached hydrogens (tertiary/aromatic N) is 2. The largest absolute Gasteiger partial charge is 0.443 e. The number of amides is 2. The van der Waals surface area contributed by atoms with Gasteiger partial charge in [-0.3, -0.25) is 4.98 Å². The van der Waals surface area contributed by atoms with Gasteiger partial charge in [0.2, 0.25) is 0 Å². The van der Waals surface area contributed by atoms with E-state index in [1.54, 1.807) is 47.7 Å². The highest BCUT2D eigenvalue weighted by molar-refractivity contribution is 9.10. The molecule has 0 unspecified atom stereocenters. The van der Waals surface area contributed by atoms with Gasteiger partial charge in [0.15, 0.2) is 0 Å². The van der Waals surface area contributed by atoms with Crippen LogP contribution in [0, 0.1) is 0 Å². The van der Waals surface area contributed by atoms with E-state index in [-0.39, 0.29) is 0 Å². The molecule has 0 aromatic carbocycles. The molecule has 0 fully saturated rings. The van der Waals surface area contributed by atoms with Crippen molar-refractivity contribution >= 4 is 33.8 Å². The number of imide groups is 1. The maximum Gasteiger partial charge on any atom is 0.424 e. The summed E-state index contributed by atoms with van der Waals surface area (Å²) in [5.41, 5.74) is -0.385. The fourth-order valence-corrected chi connectivity index (χ4v) is 2.48. The summed E-state index contributed by atoms with van der Waals surface area (Å²) in [5.74, 6) is 0. The van der Waals surface area contributed by atoms with Gasteiger partial charge in [-0.2, -0.15) is 4.90 Å². The highest BCUT2D eigenvalue weighted by Crippen LogP contribution is 2.29. The Hall–Kier alpha value is -1.63. The van der Waals surface area contributed by atoms with Crippen LogP contribution in [0.15, 0.2) is 16.9 Å². The Morgan fingerprint density at radius 2 is 1.50 bits per heavy atom. The Labute approximate surface area is 151 Å². The number of ether oxygens (including phenoxy) is 2. The van der Waals surface area contributed by atoms with Gasteiger partial charge in [0.25, 0.3) is 0 Å². The van der Waals surface area contributed by atoms with Gasteiger partial charge in [-0.25, -0.2) is 9.59 Å². The number of aromatic nitrogens is 1. The maximum absolute atomic E-state index is 12.6. The van der Waals surface area contributed by atoms with Crippen molar-refractivity contribution in [2.24, 2.45) is 0 Å². The number of rotatable bonds is 2. The molecule has 0 saturated heterocycles. The lowest BCUT2D eigenvalue weighted by Gasteiger charge is -2.29. The summed E-state index contributed by atoms with van der Waals surface area (Å²) in [6.07, 6.45) is 2.07. The van der Waals surface area contributed by atoms with Crippen molar-refractivity contribution in [3.05, 3.63) is 22.4 Å². The second kappa shape index (κ2) is 7.51. The van der Waals surface area contributed by atoms with Crippen molar-refractivity contribution in [2.45, 2.75) is 66.1 Å². The quantitative estimate of drug-likeness (QED) is 0.691. The predicted octanol–water partition coefficient (Wildman–Crippen LogP) is 5.08. The Morgan fingerprint density at radius 1 is 1.04 bits per heavy atom. The summed E-state index contributed by atoms with van der Waals surface area (Å²) in [6, 6.07) is 0. The number of carbonyl (C=O) groups excluding carboxylic acids is 2. The Balaban J connectivity index is 3.36. The molecule has 1 rings (SSSR count). The molecule has 2 amide bonds. The fourth-order valence-electron chi connectivity index (χ4n) is 1.88. The molecule has 0 aliphatic carbocycles. The van der Waals surface area contributed by atoms with Crippen LogP contribution in [-0.4, -0.2) is 28.4 Å². The van der Waals surface area contributed by atoms with Gasteiger partial charge >= 0.3 is 12.2 Å². The van der Waals surface area contributed by atoms with E-state index in [0.29, 0.717) is 16.6 Å². The number of carbonyl (C=O) groups is 2. The van der Waals surface area contributed by atoms with Gasteiger partial charge in [-0.05, 0) is 69.5 Å². The fraction of sp³-hybridized carbons (Fsp3) is 0.588. The monoisotopic (exact) mass is 400 g/mol. The van der Waals surface area contributed by atoms with E-state index >= 15 is 0 Å². The maximum atomic E-state index is 12.6. The Morgan fingerprint density at radius 3 is 1.88 bits per heavy atom. The summed E-state index contributed by atoms with van der Waals surface area (Å²) in [5, 5.41) is 0. The summed E-state index contributed by atoms with van der Waals surface area (Å²) >= 11 is 3.40. The third kappa shape index (κ3) is 5.78. The zero-order valence-corrected chi connectivity index (χ0v) is 16.9. The lowest BCUT2D eigenvalue weighted by Crippen LogP contribution is -2.44. The molecule has 6 nitrogen and oxygen atoms in total. The van der Waals surface area contributed by atoms with Crippen molar-refractivity contribution in [3.63, 3.8) is 0 Å². The van der Waals surface area contributed by atoms with Crippen LogP contribution in [-0.2, 0) is 15.9 Å². The van der Waals surface area contributed by atoms with E-state index in [1.807, 2.05) is 6.92 Å². The SMILES string of the molecule is CCc1c(Br)cncc1N(C(=O)OC(C)(C)C)C(=O)OC(C)(C)C. The van der Waals surface area contributed by atoms with Crippen molar-refractivity contribution < 1.29 is 19.1 Å². The van der Waals surface area contributed by atoms with Crippen LogP contribution < -0.4 is 4.90 Å². The molecule has 134 valence electrons. The highest BCUT2D eigenvalue weighted by Gasteiger charge is 2.34. The normalized spacial score (nSPS) is 11.8. The third-order valence-electron chi connectivity index (χ3n) is 2.73. The van der Waals surface area contributed by atoms with Gasteiger partial charge in [0.1, 0.15) is 11.2 Å². The molecule has 0 radical (unpaired) electrons. The molecule has 0 aliphatic rings. The molecular weight excluding hydrogens is 376 g/mol. The van der Waals surface area contributed by atoms with E-state index in [2.05, 4.69) is 20.9 Å². The molecule has 1 aromatic heterocycles. The molecule has 0 atom stereocenters. The molecule has 24 heavy (non-hydrogen) atoms. The molecule has 1 heterocycles. The van der Waals surface area contributed by atoms with Crippen molar-refractivity contribution in [1.29, 1.82) is 0 Å². The topological polar surface area (TPSA) is 68.7 Å². The Bertz CT molecular complexity index is 590. The average Bonchev–Trinajstić information content (AvgIpc) is 2.34. The van der Waals surface area contributed by atoms with Gasteiger partial charge in [0, 0.05) is 10.7 Å². The van der Waals surface area contributed by atoms with E-state index in [4.69, 9.17) is 9.47 Å². The second-order valence-electron chi connectivity index (χ2n) is 7.27. The molecule has 0 bridgehead atoms. The number of halogens is 1. The standard InChI is InChI=1S/C17H25BrN2O4/c1-8-11-12(18)9-19-10-13(11)20(14(21)23-16(2,3)4)15(22)24-17(5,6)7/h9-10H,8H2,1-7H3. The average molecular weight is 401 g/mol. The van der Waals surface area contributed by atoms with Crippen LogP contribution in [0.1, 0.15) is 54.0 Å². The first-order valence-corrected chi connectivity index (χ1v) is 8.53. The minimum atomic E-state index is -0.800. The number of hydrogen-bond acceptors (Lipinski definition) is 5. The molecule has 0 aliphatic heterocycles. The summed E-state index contributed by atoms with van der Waals surface area (Å²) < 4.78 is 11.5. The van der Waals surface area contributed by atoms with Crippen LogP contribution in [0.25, 0.3) is 0 Å². The van der Waals surface area contributed by atoms with Crippen molar-refractivity contribution in [3.8, 4) is 0 Å². The van der Waals surface area contributed by atoms with Crippen LogP contribution in [0.5, 0.6) is 0 Å². The van der Waals surface area contributed by atoms with E-state index in [9.17, 15) is 9.59 Å². The number of hydrogen-bond donors (Lipinski definition) is 0. The molecule has 1 aromatic rings. The molecule has 0 spiro atoms. The minimum Gasteiger partial charge on any atom is -0.443 e. The predicted molar refractivity (Wildman–Crippen MR) is 96.3 cm³/mol. The van der Waals surface area contributed by atoms with Gasteiger partial charge in [-0.15, -0.1) is 0 Å². The zero-order valence-electron chi connectivity index (χ0n) is 15.3. The second-order valence-corrected chi connectivity index (χ2v) is 8.12. The number of pyridine rings is 1. The first-order chi connectivity index (χ1) is 10.9. The van der Waals surface area contributed by atoms with Crippen LogP contribution >= 0.6 is 15.9 Å². The molecule has 7 heteroatoms. The lowest BCUT2D eigenvalue weighted by molar-refractivity contribution is 0.0430. The summed E-state index contributed by atoms with van der Waals surface area (Å²) in [4.78, 5) is 30.2. The van der Waals surface area contributed by atoms with Crippen LogP contribution in [0.2, 0.25) is 0 Å². The zero-order chi connectivity index (χ0) is 18.7. The molecule has 0 saturated carbocycles. The van der Waals surface area contributed by atoms with Gasteiger partial charge in [-0.1, -0.05) is 6.92 Å². The smallest absolute Gasteiger partial charge is 0.424 e. The van der Waals surface area contributed by atoms with E-state index in [0.717, 1.165) is 10.5 Å². The minimum absolute atomic E-state index is 0.343. The van der Waals surface area contributed by atoms with Gasteiger partial charge in [0.05, 0.1) is 11.9 Å².